The largest absolute Gasteiger partial charge is 0.371 e. The number of halogens is 1. The Morgan fingerprint density at radius 1 is 1.23 bits per heavy atom. The van der Waals surface area contributed by atoms with Gasteiger partial charge >= 0.3 is 0 Å². The third-order valence-electron chi connectivity index (χ3n) is 6.15. The van der Waals surface area contributed by atoms with Crippen LogP contribution in [0.15, 0.2) is 46.1 Å². The van der Waals surface area contributed by atoms with Crippen molar-refractivity contribution in [3.8, 4) is 0 Å². The lowest BCUT2D eigenvalue weighted by Crippen LogP contribution is -2.24. The van der Waals surface area contributed by atoms with Gasteiger partial charge in [0.25, 0.3) is 5.56 Å². The molecule has 1 unspecified atom stereocenters. The van der Waals surface area contributed by atoms with E-state index in [2.05, 4.69) is 31.3 Å². The number of hydrogen-bond acceptors (Lipinski definition) is 7. The molecule has 0 bridgehead atoms. The van der Waals surface area contributed by atoms with Crippen molar-refractivity contribution < 1.29 is 4.52 Å². The number of aryl methyl sites for hydroxylation is 1. The molecule has 2 fully saturated rings. The van der Waals surface area contributed by atoms with Gasteiger partial charge in [0.1, 0.15) is 12.9 Å². The van der Waals surface area contributed by atoms with Crippen molar-refractivity contribution in [2.24, 2.45) is 11.8 Å². The summed E-state index contributed by atoms with van der Waals surface area (Å²) in [5, 5.41) is 13.2. The molecule has 4 heterocycles. The summed E-state index contributed by atoms with van der Waals surface area (Å²) in [6.07, 6.45) is 3.07. The summed E-state index contributed by atoms with van der Waals surface area (Å²) in [6.45, 7) is 3.94. The molecule has 0 N–H and O–H groups in total. The summed E-state index contributed by atoms with van der Waals surface area (Å²) >= 11 is 6.12. The first-order chi connectivity index (χ1) is 14.6. The van der Waals surface area contributed by atoms with Crippen molar-refractivity contribution in [3.63, 3.8) is 0 Å². The molecular weight excluding hydrogens is 406 g/mol. The fourth-order valence-electron chi connectivity index (χ4n) is 4.58. The second kappa shape index (κ2) is 6.40. The molecule has 1 aromatic carbocycles. The highest BCUT2D eigenvalue weighted by atomic mass is 35.5. The SMILES string of the molecule is Cc1cnn2ncn(Cc3nc(C4[C@H]5CN(c6cccc(Cl)c6)C[C@@H]45)no3)c(=O)c12. The van der Waals surface area contributed by atoms with Gasteiger partial charge in [-0.2, -0.15) is 10.1 Å². The molecule has 9 nitrogen and oxygen atoms in total. The first kappa shape index (κ1) is 17.6. The van der Waals surface area contributed by atoms with E-state index in [1.54, 1.807) is 6.20 Å². The predicted molar refractivity (Wildman–Crippen MR) is 109 cm³/mol. The minimum absolute atomic E-state index is 0.180. The molecule has 1 aliphatic heterocycles. The third-order valence-corrected chi connectivity index (χ3v) is 6.39. The zero-order chi connectivity index (χ0) is 20.4. The Labute approximate surface area is 175 Å². The lowest BCUT2D eigenvalue weighted by atomic mass is 10.2. The number of anilines is 1. The molecule has 0 spiro atoms. The van der Waals surface area contributed by atoms with Crippen LogP contribution in [0.5, 0.6) is 0 Å². The van der Waals surface area contributed by atoms with Crippen LogP contribution in [0.1, 0.15) is 23.2 Å². The van der Waals surface area contributed by atoms with Crippen molar-refractivity contribution in [3.05, 3.63) is 69.4 Å². The zero-order valence-corrected chi connectivity index (χ0v) is 16.9. The van der Waals surface area contributed by atoms with Crippen molar-refractivity contribution >= 4 is 22.8 Å². The van der Waals surface area contributed by atoms with Gasteiger partial charge in [-0.15, -0.1) is 9.73 Å². The Morgan fingerprint density at radius 3 is 2.87 bits per heavy atom. The molecule has 1 aliphatic carbocycles. The number of nitrogens with zero attached hydrogens (tertiary/aromatic N) is 7. The van der Waals surface area contributed by atoms with Crippen LogP contribution in [0.4, 0.5) is 5.69 Å². The van der Waals surface area contributed by atoms with E-state index in [1.165, 1.54) is 15.5 Å². The van der Waals surface area contributed by atoms with Crippen LogP contribution in [0.3, 0.4) is 0 Å². The number of rotatable bonds is 4. The molecule has 4 aromatic rings. The topological polar surface area (TPSA) is 94.4 Å². The van der Waals surface area contributed by atoms with Gasteiger partial charge in [0, 0.05) is 35.3 Å². The molecular formula is C20H18ClN7O2. The number of aromatic nitrogens is 6. The first-order valence-corrected chi connectivity index (χ1v) is 10.2. The normalized spacial score (nSPS) is 22.6. The van der Waals surface area contributed by atoms with Gasteiger partial charge in [-0.05, 0) is 37.0 Å². The van der Waals surface area contributed by atoms with Crippen LogP contribution in [0, 0.1) is 18.8 Å². The van der Waals surface area contributed by atoms with Crippen LogP contribution in [0.2, 0.25) is 5.02 Å². The molecule has 152 valence electrons. The minimum Gasteiger partial charge on any atom is -0.371 e. The molecule has 10 heteroatoms. The van der Waals surface area contributed by atoms with E-state index in [0.717, 1.165) is 35.2 Å². The third kappa shape index (κ3) is 2.72. The fourth-order valence-corrected chi connectivity index (χ4v) is 4.76. The molecule has 1 saturated heterocycles. The highest BCUT2D eigenvalue weighted by molar-refractivity contribution is 6.30. The maximum Gasteiger partial charge on any atom is 0.280 e. The Morgan fingerprint density at radius 2 is 2.07 bits per heavy atom. The minimum atomic E-state index is -0.180. The maximum absolute atomic E-state index is 12.7. The zero-order valence-electron chi connectivity index (χ0n) is 16.1. The molecule has 0 amide bonds. The Balaban J connectivity index is 1.17. The standard InChI is InChI=1S/C20H18ClN7O2/c1-11-6-22-28-18(11)20(29)27(10-23-28)9-16-24-19(25-30-16)17-14-7-26(8-15(14)17)13-4-2-3-12(21)5-13/h2-6,10,14-15,17H,7-9H2,1H3/t14-,15+,17?. The van der Waals surface area contributed by atoms with Crippen LogP contribution >= 0.6 is 11.6 Å². The summed E-state index contributed by atoms with van der Waals surface area (Å²) < 4.78 is 8.24. The molecule has 2 aliphatic rings. The van der Waals surface area contributed by atoms with E-state index in [0.29, 0.717) is 29.2 Å². The molecule has 6 rings (SSSR count). The second-order valence-corrected chi connectivity index (χ2v) is 8.45. The van der Waals surface area contributed by atoms with E-state index in [-0.39, 0.29) is 12.1 Å². The van der Waals surface area contributed by atoms with Gasteiger partial charge in [-0.25, -0.2) is 0 Å². The number of benzene rings is 1. The van der Waals surface area contributed by atoms with Crippen LogP contribution in [0.25, 0.3) is 5.52 Å². The summed E-state index contributed by atoms with van der Waals surface area (Å²) in [6, 6.07) is 7.95. The van der Waals surface area contributed by atoms with Gasteiger partial charge < -0.3 is 9.42 Å². The Bertz CT molecular complexity index is 1310. The highest BCUT2D eigenvalue weighted by Gasteiger charge is 2.58. The van der Waals surface area contributed by atoms with E-state index in [1.807, 2.05) is 25.1 Å². The molecule has 30 heavy (non-hydrogen) atoms. The average Bonchev–Trinajstić information content (AvgIpc) is 3.16. The summed E-state index contributed by atoms with van der Waals surface area (Å²) in [5.74, 6) is 2.49. The van der Waals surface area contributed by atoms with Gasteiger partial charge in [-0.1, -0.05) is 22.8 Å². The second-order valence-electron chi connectivity index (χ2n) is 8.01. The molecule has 3 aromatic heterocycles. The predicted octanol–water partition coefficient (Wildman–Crippen LogP) is 2.13. The fraction of sp³-hybridized carbons (Fsp3) is 0.350. The monoisotopic (exact) mass is 423 g/mol. The lowest BCUT2D eigenvalue weighted by molar-refractivity contribution is 0.363. The van der Waals surface area contributed by atoms with Gasteiger partial charge in [0.05, 0.1) is 6.20 Å². The summed E-state index contributed by atoms with van der Waals surface area (Å²) in [7, 11) is 0. The maximum atomic E-state index is 12.7. The molecule has 1 saturated carbocycles. The Hall–Kier alpha value is -3.20. The number of piperidine rings is 1. The van der Waals surface area contributed by atoms with Gasteiger partial charge in [0.15, 0.2) is 11.3 Å². The first-order valence-electron chi connectivity index (χ1n) is 9.81. The summed E-state index contributed by atoms with van der Waals surface area (Å²) in [5.41, 5.74) is 2.21. The lowest BCUT2D eigenvalue weighted by Gasteiger charge is -2.21. The van der Waals surface area contributed by atoms with Gasteiger partial charge in [0.2, 0.25) is 5.89 Å². The van der Waals surface area contributed by atoms with E-state index in [4.69, 9.17) is 16.1 Å². The number of fused-ring (bicyclic) bond motifs is 2. The van der Waals surface area contributed by atoms with Crippen molar-refractivity contribution in [2.45, 2.75) is 19.4 Å². The quantitative estimate of drug-likeness (QED) is 0.496. The smallest absolute Gasteiger partial charge is 0.280 e. The van der Waals surface area contributed by atoms with Crippen LogP contribution in [-0.2, 0) is 6.54 Å². The highest BCUT2D eigenvalue weighted by Crippen LogP contribution is 2.57. The van der Waals surface area contributed by atoms with E-state index in [9.17, 15) is 4.79 Å². The van der Waals surface area contributed by atoms with Crippen molar-refractivity contribution in [1.82, 2.24) is 29.5 Å². The van der Waals surface area contributed by atoms with Crippen LogP contribution < -0.4 is 10.5 Å². The Kier molecular flexibility index (Phi) is 3.76. The summed E-state index contributed by atoms with van der Waals surface area (Å²) in [4.78, 5) is 19.6. The van der Waals surface area contributed by atoms with E-state index >= 15 is 0 Å². The average molecular weight is 424 g/mol. The van der Waals surface area contributed by atoms with E-state index < -0.39 is 0 Å². The van der Waals surface area contributed by atoms with Crippen molar-refractivity contribution in [2.75, 3.05) is 18.0 Å². The molecule has 0 radical (unpaired) electrons. The van der Waals surface area contributed by atoms with Gasteiger partial charge in [-0.3, -0.25) is 9.36 Å². The van der Waals surface area contributed by atoms with Crippen LogP contribution in [-0.4, -0.2) is 42.6 Å². The molecule has 3 atom stereocenters. The number of hydrogen-bond donors (Lipinski definition) is 0. The van der Waals surface area contributed by atoms with Crippen molar-refractivity contribution in [1.29, 1.82) is 0 Å².